The van der Waals surface area contributed by atoms with Crippen molar-refractivity contribution >= 4 is 5.91 Å². The fraction of sp³-hybridized carbons (Fsp3) is 0.727. The van der Waals surface area contributed by atoms with Crippen molar-refractivity contribution in [3.05, 3.63) is 12.7 Å². The number of rotatable bonds is 4. The first-order chi connectivity index (χ1) is 7.28. The van der Waals surface area contributed by atoms with Crippen LogP contribution in [0.3, 0.4) is 0 Å². The topological polar surface area (TPSA) is 41.6 Å². The van der Waals surface area contributed by atoms with Crippen molar-refractivity contribution in [2.75, 3.05) is 26.2 Å². The van der Waals surface area contributed by atoms with Gasteiger partial charge >= 0.3 is 0 Å². The molecule has 2 atom stereocenters. The second kappa shape index (κ2) is 4.77. The van der Waals surface area contributed by atoms with Crippen LogP contribution in [0.4, 0.5) is 0 Å². The lowest BCUT2D eigenvalue weighted by atomic mass is 10.2. The van der Waals surface area contributed by atoms with Gasteiger partial charge in [-0.1, -0.05) is 6.58 Å². The molecule has 2 aliphatic rings. The summed E-state index contributed by atoms with van der Waals surface area (Å²) in [6, 6.07) is 0. The molecule has 0 aromatic heterocycles. The van der Waals surface area contributed by atoms with Crippen LogP contribution in [0.5, 0.6) is 0 Å². The Bertz CT molecular complexity index is 243. The van der Waals surface area contributed by atoms with Crippen LogP contribution in [-0.4, -0.2) is 49.2 Å². The van der Waals surface area contributed by atoms with Crippen molar-refractivity contribution in [3.63, 3.8) is 0 Å². The first-order valence-electron chi connectivity index (χ1n) is 5.56. The molecule has 15 heavy (non-hydrogen) atoms. The molecule has 2 fully saturated rings. The highest BCUT2D eigenvalue weighted by atomic mass is 16.5. The third-order valence-electron chi connectivity index (χ3n) is 3.03. The fourth-order valence-electron chi connectivity index (χ4n) is 2.29. The average molecular weight is 210 g/mol. The number of fused-ring (bicyclic) bond motifs is 2. The summed E-state index contributed by atoms with van der Waals surface area (Å²) in [5.74, 6) is -0.0915. The quantitative estimate of drug-likeness (QED) is 0.672. The van der Waals surface area contributed by atoms with Crippen LogP contribution in [0.1, 0.15) is 12.8 Å². The Morgan fingerprint density at radius 1 is 1.47 bits per heavy atom. The van der Waals surface area contributed by atoms with Gasteiger partial charge in [0.1, 0.15) is 0 Å². The summed E-state index contributed by atoms with van der Waals surface area (Å²) in [7, 11) is 0. The lowest BCUT2D eigenvalue weighted by Gasteiger charge is -2.31. The fourth-order valence-corrected chi connectivity index (χ4v) is 2.29. The van der Waals surface area contributed by atoms with E-state index in [0.717, 1.165) is 19.6 Å². The van der Waals surface area contributed by atoms with Gasteiger partial charge in [-0.15, -0.1) is 0 Å². The van der Waals surface area contributed by atoms with E-state index in [1.54, 1.807) is 0 Å². The summed E-state index contributed by atoms with van der Waals surface area (Å²) in [4.78, 5) is 13.3. The van der Waals surface area contributed by atoms with E-state index in [2.05, 4.69) is 16.8 Å². The SMILES string of the molecule is C=CC(=O)NCCN1CC2CCC(C1)O2. The maximum absolute atomic E-state index is 10.9. The normalized spacial score (nSPS) is 30.1. The van der Waals surface area contributed by atoms with Crippen molar-refractivity contribution in [1.82, 2.24) is 10.2 Å². The molecule has 2 aliphatic heterocycles. The van der Waals surface area contributed by atoms with E-state index in [9.17, 15) is 4.79 Å². The minimum absolute atomic E-state index is 0.0915. The monoisotopic (exact) mass is 210 g/mol. The van der Waals surface area contributed by atoms with Crippen LogP contribution in [0.25, 0.3) is 0 Å². The lowest BCUT2D eigenvalue weighted by molar-refractivity contribution is -0.116. The van der Waals surface area contributed by atoms with Gasteiger partial charge in [0.15, 0.2) is 0 Å². The molecule has 0 aliphatic carbocycles. The van der Waals surface area contributed by atoms with Crippen molar-refractivity contribution in [1.29, 1.82) is 0 Å². The van der Waals surface area contributed by atoms with Gasteiger partial charge in [-0.25, -0.2) is 0 Å². The van der Waals surface area contributed by atoms with Gasteiger partial charge in [0.2, 0.25) is 5.91 Å². The largest absolute Gasteiger partial charge is 0.372 e. The Balaban J connectivity index is 1.67. The number of morpholine rings is 1. The molecule has 84 valence electrons. The van der Waals surface area contributed by atoms with Gasteiger partial charge in [-0.3, -0.25) is 9.69 Å². The molecule has 0 radical (unpaired) electrons. The predicted molar refractivity (Wildman–Crippen MR) is 57.5 cm³/mol. The molecule has 2 heterocycles. The van der Waals surface area contributed by atoms with Crippen molar-refractivity contribution < 1.29 is 9.53 Å². The third-order valence-corrected chi connectivity index (χ3v) is 3.03. The van der Waals surface area contributed by atoms with Gasteiger partial charge in [-0.2, -0.15) is 0 Å². The highest BCUT2D eigenvalue weighted by Crippen LogP contribution is 2.25. The Morgan fingerprint density at radius 2 is 2.13 bits per heavy atom. The smallest absolute Gasteiger partial charge is 0.243 e. The van der Waals surface area contributed by atoms with Crippen LogP contribution in [0, 0.1) is 0 Å². The van der Waals surface area contributed by atoms with Crippen molar-refractivity contribution in [3.8, 4) is 0 Å². The van der Waals surface area contributed by atoms with E-state index in [4.69, 9.17) is 4.74 Å². The van der Waals surface area contributed by atoms with E-state index in [0.29, 0.717) is 18.8 Å². The second-order valence-corrected chi connectivity index (χ2v) is 4.21. The zero-order valence-corrected chi connectivity index (χ0v) is 8.95. The zero-order chi connectivity index (χ0) is 10.7. The molecule has 2 bridgehead atoms. The number of carbonyl (C=O) groups excluding carboxylic acids is 1. The van der Waals surface area contributed by atoms with Gasteiger partial charge in [0.25, 0.3) is 0 Å². The molecule has 4 nitrogen and oxygen atoms in total. The molecule has 2 saturated heterocycles. The summed E-state index contributed by atoms with van der Waals surface area (Å²) in [5, 5.41) is 2.79. The number of likely N-dealkylation sites (tertiary alicyclic amines) is 1. The van der Waals surface area contributed by atoms with Crippen LogP contribution >= 0.6 is 0 Å². The molecule has 0 spiro atoms. The first kappa shape index (κ1) is 10.6. The Kier molecular flexibility index (Phi) is 3.38. The summed E-state index contributed by atoms with van der Waals surface area (Å²) < 4.78 is 5.73. The van der Waals surface area contributed by atoms with E-state index in [1.807, 2.05) is 0 Å². The number of nitrogens with zero attached hydrogens (tertiary/aromatic N) is 1. The third kappa shape index (κ3) is 2.79. The number of amides is 1. The Labute approximate surface area is 90.3 Å². The standard InChI is InChI=1S/C11H18N2O2/c1-2-11(14)12-5-6-13-7-9-3-4-10(8-13)15-9/h2,9-10H,1,3-8H2,(H,12,14). The highest BCUT2D eigenvalue weighted by molar-refractivity contribution is 5.86. The lowest BCUT2D eigenvalue weighted by Crippen LogP contribution is -2.45. The van der Waals surface area contributed by atoms with Crippen LogP contribution in [0.2, 0.25) is 0 Å². The van der Waals surface area contributed by atoms with Gasteiger partial charge in [0, 0.05) is 26.2 Å². The molecule has 1 amide bonds. The molecule has 4 heteroatoms. The maximum atomic E-state index is 10.9. The summed E-state index contributed by atoms with van der Waals surface area (Å²) in [5.41, 5.74) is 0. The maximum Gasteiger partial charge on any atom is 0.243 e. The van der Waals surface area contributed by atoms with Crippen LogP contribution in [0.15, 0.2) is 12.7 Å². The van der Waals surface area contributed by atoms with Crippen molar-refractivity contribution in [2.24, 2.45) is 0 Å². The van der Waals surface area contributed by atoms with E-state index in [-0.39, 0.29) is 5.91 Å². The number of hydrogen-bond acceptors (Lipinski definition) is 3. The van der Waals surface area contributed by atoms with Gasteiger partial charge < -0.3 is 10.1 Å². The van der Waals surface area contributed by atoms with E-state index in [1.165, 1.54) is 18.9 Å². The number of ether oxygens (including phenoxy) is 1. The van der Waals surface area contributed by atoms with Crippen LogP contribution in [-0.2, 0) is 9.53 Å². The molecular formula is C11H18N2O2. The Hall–Kier alpha value is -0.870. The van der Waals surface area contributed by atoms with Gasteiger partial charge in [0.05, 0.1) is 12.2 Å². The van der Waals surface area contributed by atoms with Crippen molar-refractivity contribution in [2.45, 2.75) is 25.0 Å². The van der Waals surface area contributed by atoms with Gasteiger partial charge in [-0.05, 0) is 18.9 Å². The molecule has 0 saturated carbocycles. The minimum Gasteiger partial charge on any atom is -0.372 e. The first-order valence-corrected chi connectivity index (χ1v) is 5.56. The zero-order valence-electron chi connectivity index (χ0n) is 8.95. The number of nitrogens with one attached hydrogen (secondary N) is 1. The molecule has 2 unspecified atom stereocenters. The molecule has 1 N–H and O–H groups in total. The summed E-state index contributed by atoms with van der Waals surface area (Å²) in [6.07, 6.45) is 4.56. The molecule has 0 aromatic rings. The van der Waals surface area contributed by atoms with E-state index < -0.39 is 0 Å². The minimum atomic E-state index is -0.0915. The number of carbonyl (C=O) groups is 1. The predicted octanol–water partition coefficient (Wildman–Crippen LogP) is 0.152. The average Bonchev–Trinajstić information content (AvgIpc) is 2.58. The molecular weight excluding hydrogens is 192 g/mol. The second-order valence-electron chi connectivity index (χ2n) is 4.21. The summed E-state index contributed by atoms with van der Waals surface area (Å²) in [6.45, 7) is 7.05. The Morgan fingerprint density at radius 3 is 2.73 bits per heavy atom. The van der Waals surface area contributed by atoms with Crippen LogP contribution < -0.4 is 5.32 Å². The number of hydrogen-bond donors (Lipinski definition) is 1. The van der Waals surface area contributed by atoms with E-state index >= 15 is 0 Å². The highest BCUT2D eigenvalue weighted by Gasteiger charge is 2.33. The summed E-state index contributed by atoms with van der Waals surface area (Å²) >= 11 is 0. The molecule has 2 rings (SSSR count). The molecule has 0 aromatic carbocycles.